The van der Waals surface area contributed by atoms with Crippen LogP contribution in [0.5, 0.6) is 0 Å². The third-order valence-electron chi connectivity index (χ3n) is 4.04. The standard InChI is InChI=1S/C13H20N4S/c1-3-10-5-4-9(2)17(10)12-11(8-14)16-6-7-18-13(16)15-12/h6-7,9-10H,3-5,8,14H2,1-2H3. The molecule has 1 fully saturated rings. The van der Waals surface area contributed by atoms with Crippen LogP contribution in [0.4, 0.5) is 5.82 Å². The number of fused-ring (bicyclic) bond motifs is 1. The minimum atomic E-state index is 0.548. The number of imidazole rings is 1. The number of rotatable bonds is 3. The molecule has 0 aliphatic carbocycles. The number of nitrogens with zero attached hydrogens (tertiary/aromatic N) is 3. The van der Waals surface area contributed by atoms with Gasteiger partial charge in [-0.3, -0.25) is 4.40 Å². The Morgan fingerprint density at radius 3 is 3.06 bits per heavy atom. The van der Waals surface area contributed by atoms with Gasteiger partial charge in [-0.15, -0.1) is 11.3 Å². The lowest BCUT2D eigenvalue weighted by atomic mass is 10.1. The lowest BCUT2D eigenvalue weighted by Gasteiger charge is -2.29. The normalized spacial score (nSPS) is 24.3. The minimum absolute atomic E-state index is 0.548. The average molecular weight is 264 g/mol. The Morgan fingerprint density at radius 1 is 1.50 bits per heavy atom. The van der Waals surface area contributed by atoms with Gasteiger partial charge in [-0.25, -0.2) is 4.98 Å². The maximum absolute atomic E-state index is 5.94. The molecule has 4 nitrogen and oxygen atoms in total. The Morgan fingerprint density at radius 2 is 2.33 bits per heavy atom. The molecule has 2 atom stereocenters. The first-order valence-corrected chi connectivity index (χ1v) is 7.57. The number of hydrogen-bond acceptors (Lipinski definition) is 4. The van der Waals surface area contributed by atoms with Crippen LogP contribution in [0.25, 0.3) is 4.96 Å². The first-order valence-electron chi connectivity index (χ1n) is 6.69. The van der Waals surface area contributed by atoms with E-state index in [2.05, 4.69) is 34.7 Å². The predicted octanol–water partition coefficient (Wildman–Crippen LogP) is 2.62. The molecule has 2 aromatic rings. The van der Waals surface area contributed by atoms with Crippen LogP contribution >= 0.6 is 11.3 Å². The second kappa shape index (κ2) is 4.55. The molecule has 0 aromatic carbocycles. The van der Waals surface area contributed by atoms with E-state index >= 15 is 0 Å². The summed E-state index contributed by atoms with van der Waals surface area (Å²) in [5, 5.41) is 2.07. The van der Waals surface area contributed by atoms with Gasteiger partial charge in [0.05, 0.1) is 5.69 Å². The van der Waals surface area contributed by atoms with Gasteiger partial charge in [-0.2, -0.15) is 0 Å². The highest BCUT2D eigenvalue weighted by Crippen LogP contribution is 2.34. The highest BCUT2D eigenvalue weighted by atomic mass is 32.1. The van der Waals surface area contributed by atoms with Crippen LogP contribution in [0.15, 0.2) is 11.6 Å². The van der Waals surface area contributed by atoms with Crippen molar-refractivity contribution in [3.05, 3.63) is 17.3 Å². The van der Waals surface area contributed by atoms with Crippen molar-refractivity contribution < 1.29 is 0 Å². The van der Waals surface area contributed by atoms with Gasteiger partial charge in [0.15, 0.2) is 10.8 Å². The summed E-state index contributed by atoms with van der Waals surface area (Å²) in [4.78, 5) is 8.34. The molecule has 2 aromatic heterocycles. The maximum Gasteiger partial charge on any atom is 0.195 e. The summed E-state index contributed by atoms with van der Waals surface area (Å²) >= 11 is 1.68. The molecular formula is C13H20N4S. The van der Waals surface area contributed by atoms with Gasteiger partial charge >= 0.3 is 0 Å². The van der Waals surface area contributed by atoms with Gasteiger partial charge in [0.25, 0.3) is 0 Å². The van der Waals surface area contributed by atoms with Gasteiger partial charge in [0.1, 0.15) is 0 Å². The van der Waals surface area contributed by atoms with Crippen LogP contribution in [0, 0.1) is 0 Å². The summed E-state index contributed by atoms with van der Waals surface area (Å²) in [5.74, 6) is 1.11. The Labute approximate surface area is 111 Å². The lowest BCUT2D eigenvalue weighted by Crippen LogP contribution is -2.35. The molecular weight excluding hydrogens is 244 g/mol. The highest BCUT2D eigenvalue weighted by Gasteiger charge is 2.33. The molecule has 2 unspecified atom stereocenters. The Kier molecular flexibility index (Phi) is 3.03. The number of anilines is 1. The number of thiazole rings is 1. The van der Waals surface area contributed by atoms with E-state index in [0.717, 1.165) is 16.5 Å². The largest absolute Gasteiger partial charge is 0.349 e. The smallest absolute Gasteiger partial charge is 0.195 e. The van der Waals surface area contributed by atoms with Crippen LogP contribution in [0.3, 0.4) is 0 Å². The molecule has 0 saturated carbocycles. The Balaban J connectivity index is 2.09. The SMILES string of the molecule is CCC1CCC(C)N1c1nc2sccn2c1CN. The fourth-order valence-electron chi connectivity index (χ4n) is 3.07. The van der Waals surface area contributed by atoms with Crippen LogP contribution in [-0.2, 0) is 6.54 Å². The molecule has 2 N–H and O–H groups in total. The molecule has 1 saturated heterocycles. The zero-order chi connectivity index (χ0) is 12.7. The molecule has 3 rings (SSSR count). The molecule has 0 bridgehead atoms. The molecule has 5 heteroatoms. The quantitative estimate of drug-likeness (QED) is 0.927. The van der Waals surface area contributed by atoms with Crippen LogP contribution < -0.4 is 10.6 Å². The topological polar surface area (TPSA) is 46.6 Å². The van der Waals surface area contributed by atoms with Gasteiger partial charge in [0.2, 0.25) is 0 Å². The lowest BCUT2D eigenvalue weighted by molar-refractivity contribution is 0.619. The summed E-state index contributed by atoms with van der Waals surface area (Å²) in [5.41, 5.74) is 7.09. The summed E-state index contributed by atoms with van der Waals surface area (Å²) in [7, 11) is 0. The second-order valence-corrected chi connectivity index (χ2v) is 5.91. The molecule has 1 aliphatic rings. The van der Waals surface area contributed by atoms with E-state index in [0.29, 0.717) is 18.6 Å². The molecule has 98 valence electrons. The monoisotopic (exact) mass is 264 g/mol. The molecule has 0 amide bonds. The van der Waals surface area contributed by atoms with Crippen LogP contribution in [-0.4, -0.2) is 21.5 Å². The van der Waals surface area contributed by atoms with E-state index in [4.69, 9.17) is 10.7 Å². The van der Waals surface area contributed by atoms with E-state index in [1.54, 1.807) is 11.3 Å². The highest BCUT2D eigenvalue weighted by molar-refractivity contribution is 7.15. The molecule has 3 heterocycles. The Hall–Kier alpha value is -1.07. The summed E-state index contributed by atoms with van der Waals surface area (Å²) in [6, 6.07) is 1.19. The predicted molar refractivity (Wildman–Crippen MR) is 76.2 cm³/mol. The van der Waals surface area contributed by atoms with E-state index in [1.807, 2.05) is 0 Å². The van der Waals surface area contributed by atoms with Crippen molar-refractivity contribution in [2.75, 3.05) is 4.90 Å². The van der Waals surface area contributed by atoms with E-state index < -0.39 is 0 Å². The van der Waals surface area contributed by atoms with Crippen molar-refractivity contribution in [3.63, 3.8) is 0 Å². The number of hydrogen-bond donors (Lipinski definition) is 1. The number of aromatic nitrogens is 2. The first kappa shape index (κ1) is 12.0. The van der Waals surface area contributed by atoms with Crippen molar-refractivity contribution in [1.29, 1.82) is 0 Å². The van der Waals surface area contributed by atoms with Crippen molar-refractivity contribution in [2.45, 2.75) is 51.7 Å². The van der Waals surface area contributed by atoms with Crippen molar-refractivity contribution in [1.82, 2.24) is 9.38 Å². The van der Waals surface area contributed by atoms with Crippen LogP contribution in [0.2, 0.25) is 0 Å². The third-order valence-corrected chi connectivity index (χ3v) is 4.79. The third kappa shape index (κ3) is 1.65. The van der Waals surface area contributed by atoms with E-state index in [9.17, 15) is 0 Å². The maximum atomic E-state index is 5.94. The molecule has 1 aliphatic heterocycles. The van der Waals surface area contributed by atoms with E-state index in [-0.39, 0.29) is 0 Å². The summed E-state index contributed by atoms with van der Waals surface area (Å²) < 4.78 is 2.14. The number of nitrogens with two attached hydrogens (primary N) is 1. The van der Waals surface area contributed by atoms with Crippen LogP contribution in [0.1, 0.15) is 38.8 Å². The zero-order valence-corrected chi connectivity index (χ0v) is 11.8. The van der Waals surface area contributed by atoms with Gasteiger partial charge in [-0.1, -0.05) is 6.92 Å². The average Bonchev–Trinajstić information content (AvgIpc) is 3.01. The Bertz CT molecular complexity index is 544. The van der Waals surface area contributed by atoms with Gasteiger partial charge in [-0.05, 0) is 26.2 Å². The first-order chi connectivity index (χ1) is 8.76. The summed E-state index contributed by atoms with van der Waals surface area (Å²) in [6.45, 7) is 5.10. The van der Waals surface area contributed by atoms with Gasteiger partial charge in [0, 0.05) is 30.2 Å². The minimum Gasteiger partial charge on any atom is -0.349 e. The zero-order valence-electron chi connectivity index (χ0n) is 11.0. The fraction of sp³-hybridized carbons (Fsp3) is 0.615. The fourth-order valence-corrected chi connectivity index (χ4v) is 3.80. The molecule has 0 spiro atoms. The van der Waals surface area contributed by atoms with Crippen molar-refractivity contribution in [3.8, 4) is 0 Å². The van der Waals surface area contributed by atoms with Crippen molar-refractivity contribution in [2.24, 2.45) is 5.73 Å². The molecule has 0 radical (unpaired) electrons. The molecule has 18 heavy (non-hydrogen) atoms. The summed E-state index contributed by atoms with van der Waals surface area (Å²) in [6.07, 6.45) is 5.78. The second-order valence-electron chi connectivity index (χ2n) is 5.04. The van der Waals surface area contributed by atoms with Gasteiger partial charge < -0.3 is 10.6 Å². The van der Waals surface area contributed by atoms with E-state index in [1.165, 1.54) is 19.3 Å². The van der Waals surface area contributed by atoms with Crippen molar-refractivity contribution >= 4 is 22.1 Å².